The number of nitrogens with one attached hydrogen (secondary N) is 1. The monoisotopic (exact) mass is 335 g/mol. The van der Waals surface area contributed by atoms with Crippen molar-refractivity contribution in [2.45, 2.75) is 25.8 Å². The first-order chi connectivity index (χ1) is 9.58. The summed E-state index contributed by atoms with van der Waals surface area (Å²) in [5.41, 5.74) is 0.499. The van der Waals surface area contributed by atoms with Crippen molar-refractivity contribution in [3.8, 4) is 0 Å². The van der Waals surface area contributed by atoms with E-state index in [9.17, 15) is 9.59 Å². The number of benzene rings is 1. The molecule has 0 spiro atoms. The average Bonchev–Trinajstić information content (AvgIpc) is 2.42. The van der Waals surface area contributed by atoms with Gasteiger partial charge < -0.3 is 5.32 Å². The normalized spacial score (nSPS) is 19.1. The fourth-order valence-corrected chi connectivity index (χ4v) is 3.01. The molecule has 1 N–H and O–H groups in total. The molecule has 1 aromatic heterocycles. The Morgan fingerprint density at radius 1 is 1.40 bits per heavy atom. The highest BCUT2D eigenvalue weighted by atomic mass is 79.9. The molecule has 1 amide bonds. The van der Waals surface area contributed by atoms with Crippen molar-refractivity contribution >= 4 is 32.7 Å². The van der Waals surface area contributed by atoms with E-state index in [1.165, 1.54) is 4.57 Å². The van der Waals surface area contributed by atoms with Crippen molar-refractivity contribution in [3.63, 3.8) is 0 Å². The van der Waals surface area contributed by atoms with E-state index in [0.29, 0.717) is 29.7 Å². The first kappa shape index (κ1) is 13.3. The van der Waals surface area contributed by atoms with Crippen molar-refractivity contribution in [2.24, 2.45) is 0 Å². The number of fused-ring (bicyclic) bond motifs is 1. The second kappa shape index (κ2) is 5.01. The van der Waals surface area contributed by atoms with Crippen LogP contribution in [-0.4, -0.2) is 22.0 Å². The zero-order chi connectivity index (χ0) is 14.3. The highest BCUT2D eigenvalue weighted by Gasteiger charge is 2.26. The molecule has 1 atom stereocenters. The Balaban J connectivity index is 2.25. The molecule has 20 heavy (non-hydrogen) atoms. The van der Waals surface area contributed by atoms with Gasteiger partial charge in [0.25, 0.3) is 5.56 Å². The maximum atomic E-state index is 12.7. The lowest BCUT2D eigenvalue weighted by Gasteiger charge is -2.25. The summed E-state index contributed by atoms with van der Waals surface area (Å²) in [6.07, 6.45) is 1.55. The number of aromatic nitrogens is 2. The molecule has 1 unspecified atom stereocenters. The van der Waals surface area contributed by atoms with Crippen molar-refractivity contribution < 1.29 is 4.79 Å². The molecule has 0 aliphatic carbocycles. The van der Waals surface area contributed by atoms with Crippen LogP contribution in [0.1, 0.15) is 24.7 Å². The third-order valence-electron chi connectivity index (χ3n) is 3.61. The molecule has 1 aliphatic rings. The van der Waals surface area contributed by atoms with Crippen molar-refractivity contribution in [2.75, 3.05) is 6.54 Å². The van der Waals surface area contributed by atoms with Crippen molar-refractivity contribution in [1.29, 1.82) is 0 Å². The number of halogens is 1. The molecule has 1 aromatic carbocycles. The molecule has 6 heteroatoms. The summed E-state index contributed by atoms with van der Waals surface area (Å²) in [5, 5.41) is 3.34. The van der Waals surface area contributed by atoms with Gasteiger partial charge in [0.05, 0.1) is 10.9 Å². The summed E-state index contributed by atoms with van der Waals surface area (Å²) < 4.78 is 2.34. The summed E-state index contributed by atoms with van der Waals surface area (Å²) in [6.45, 7) is 2.44. The summed E-state index contributed by atoms with van der Waals surface area (Å²) in [4.78, 5) is 29.1. The fourth-order valence-electron chi connectivity index (χ4n) is 2.65. The number of nitrogens with zero attached hydrogens (tertiary/aromatic N) is 2. The summed E-state index contributed by atoms with van der Waals surface area (Å²) >= 11 is 3.36. The van der Waals surface area contributed by atoms with Crippen LogP contribution in [0.25, 0.3) is 10.9 Å². The van der Waals surface area contributed by atoms with Gasteiger partial charge >= 0.3 is 0 Å². The Morgan fingerprint density at radius 3 is 2.95 bits per heavy atom. The van der Waals surface area contributed by atoms with Crippen LogP contribution in [0.15, 0.2) is 27.5 Å². The van der Waals surface area contributed by atoms with Gasteiger partial charge in [-0.3, -0.25) is 14.2 Å². The number of hydrogen-bond donors (Lipinski definition) is 1. The topological polar surface area (TPSA) is 64.0 Å². The molecule has 5 nitrogen and oxygen atoms in total. The van der Waals surface area contributed by atoms with Gasteiger partial charge in [-0.1, -0.05) is 15.9 Å². The largest absolute Gasteiger partial charge is 0.354 e. The first-order valence-corrected chi connectivity index (χ1v) is 7.33. The molecular formula is C14H14BrN3O2. The fraction of sp³-hybridized carbons (Fsp3) is 0.357. The summed E-state index contributed by atoms with van der Waals surface area (Å²) in [5.74, 6) is 0.476. The standard InChI is InChI=1S/C14H14BrN3O2/c1-8-17-11-5-4-9(15)7-10(11)14(20)18(8)12-3-2-6-16-13(12)19/h4-5,7,12H,2-3,6H2,1H3,(H,16,19). The molecule has 0 radical (unpaired) electrons. The van der Waals surface area contributed by atoms with Crippen LogP contribution in [-0.2, 0) is 4.79 Å². The minimum absolute atomic E-state index is 0.0994. The number of carbonyl (C=O) groups excluding carboxylic acids is 1. The number of hydrogen-bond acceptors (Lipinski definition) is 3. The Hall–Kier alpha value is -1.69. The number of amides is 1. The van der Waals surface area contributed by atoms with Gasteiger partial charge in [0.2, 0.25) is 5.91 Å². The Labute approximate surface area is 124 Å². The third-order valence-corrected chi connectivity index (χ3v) is 4.10. The number of piperidine rings is 1. The van der Waals surface area contributed by atoms with E-state index in [2.05, 4.69) is 26.2 Å². The minimum Gasteiger partial charge on any atom is -0.354 e. The van der Waals surface area contributed by atoms with Crippen LogP contribution in [0.3, 0.4) is 0 Å². The van der Waals surface area contributed by atoms with Crippen LogP contribution in [0.5, 0.6) is 0 Å². The number of carbonyl (C=O) groups is 1. The second-order valence-electron chi connectivity index (χ2n) is 4.94. The first-order valence-electron chi connectivity index (χ1n) is 6.54. The van der Waals surface area contributed by atoms with E-state index in [1.807, 2.05) is 6.07 Å². The van der Waals surface area contributed by atoms with E-state index in [1.54, 1.807) is 19.1 Å². The number of rotatable bonds is 1. The molecule has 104 valence electrons. The lowest BCUT2D eigenvalue weighted by molar-refractivity contribution is -0.126. The molecular weight excluding hydrogens is 322 g/mol. The van der Waals surface area contributed by atoms with E-state index >= 15 is 0 Å². The quantitative estimate of drug-likeness (QED) is 0.865. The average molecular weight is 336 g/mol. The van der Waals surface area contributed by atoms with Gasteiger partial charge in [-0.25, -0.2) is 4.98 Å². The predicted octanol–water partition coefficient (Wildman–Crippen LogP) is 1.92. The van der Waals surface area contributed by atoms with Crippen molar-refractivity contribution in [3.05, 3.63) is 38.9 Å². The summed E-state index contributed by atoms with van der Waals surface area (Å²) in [6, 6.07) is 4.96. The highest BCUT2D eigenvalue weighted by molar-refractivity contribution is 9.10. The molecule has 2 aromatic rings. The van der Waals surface area contributed by atoms with E-state index < -0.39 is 6.04 Å². The van der Waals surface area contributed by atoms with Crippen LogP contribution in [0, 0.1) is 6.92 Å². The van der Waals surface area contributed by atoms with Crippen LogP contribution >= 0.6 is 15.9 Å². The molecule has 1 fully saturated rings. The third kappa shape index (κ3) is 2.14. The summed E-state index contributed by atoms with van der Waals surface area (Å²) in [7, 11) is 0. The lowest BCUT2D eigenvalue weighted by Crippen LogP contribution is -2.42. The van der Waals surface area contributed by atoms with Gasteiger partial charge in [-0.05, 0) is 38.0 Å². The minimum atomic E-state index is -0.452. The van der Waals surface area contributed by atoms with Crippen LogP contribution in [0.2, 0.25) is 0 Å². The predicted molar refractivity (Wildman–Crippen MR) is 79.7 cm³/mol. The maximum Gasteiger partial charge on any atom is 0.262 e. The highest BCUT2D eigenvalue weighted by Crippen LogP contribution is 2.20. The molecule has 0 saturated carbocycles. The van der Waals surface area contributed by atoms with Gasteiger partial charge in [-0.2, -0.15) is 0 Å². The van der Waals surface area contributed by atoms with Gasteiger partial charge in [0.15, 0.2) is 0 Å². The Bertz CT molecular complexity index is 754. The zero-order valence-electron chi connectivity index (χ0n) is 11.0. The molecule has 1 aliphatic heterocycles. The van der Waals surface area contributed by atoms with Crippen molar-refractivity contribution in [1.82, 2.24) is 14.9 Å². The van der Waals surface area contributed by atoms with Gasteiger partial charge in [0.1, 0.15) is 11.9 Å². The van der Waals surface area contributed by atoms with Crippen LogP contribution < -0.4 is 10.9 Å². The van der Waals surface area contributed by atoms with E-state index in [0.717, 1.165) is 10.9 Å². The van der Waals surface area contributed by atoms with Gasteiger partial charge in [-0.15, -0.1) is 0 Å². The molecule has 1 saturated heterocycles. The van der Waals surface area contributed by atoms with Gasteiger partial charge in [0, 0.05) is 11.0 Å². The van der Waals surface area contributed by atoms with E-state index in [4.69, 9.17) is 0 Å². The Kier molecular flexibility index (Phi) is 3.33. The lowest BCUT2D eigenvalue weighted by atomic mass is 10.1. The number of aryl methyl sites for hydroxylation is 1. The zero-order valence-corrected chi connectivity index (χ0v) is 12.6. The van der Waals surface area contributed by atoms with Crippen LogP contribution in [0.4, 0.5) is 0 Å². The maximum absolute atomic E-state index is 12.7. The smallest absolute Gasteiger partial charge is 0.262 e. The SMILES string of the molecule is Cc1nc2ccc(Br)cc2c(=O)n1C1CCCNC1=O. The molecule has 3 rings (SSSR count). The molecule has 2 heterocycles. The molecule has 0 bridgehead atoms. The Morgan fingerprint density at radius 2 is 2.20 bits per heavy atom. The second-order valence-corrected chi connectivity index (χ2v) is 5.86. The van der Waals surface area contributed by atoms with E-state index in [-0.39, 0.29) is 11.5 Å².